The highest BCUT2D eigenvalue weighted by Crippen LogP contribution is 2.22. The number of carbonyl (C=O) groups is 3. The van der Waals surface area contributed by atoms with Crippen molar-refractivity contribution >= 4 is 29.2 Å². The molecule has 1 atom stereocenters. The van der Waals surface area contributed by atoms with Gasteiger partial charge in [0.25, 0.3) is 0 Å². The lowest BCUT2D eigenvalue weighted by Gasteiger charge is -2.23. The minimum Gasteiger partial charge on any atom is -0.421 e. The summed E-state index contributed by atoms with van der Waals surface area (Å²) in [4.78, 5) is 37.9. The summed E-state index contributed by atoms with van der Waals surface area (Å²) < 4.78 is 5.27. The highest BCUT2D eigenvalue weighted by atomic mass is 16.5. The molecule has 0 spiro atoms. The Morgan fingerprint density at radius 2 is 1.85 bits per heavy atom. The van der Waals surface area contributed by atoms with Gasteiger partial charge in [-0.1, -0.05) is 12.1 Å². The number of hydrogen-bond donors (Lipinski definition) is 2. The molecule has 0 aliphatic carbocycles. The number of rotatable bonds is 5. The molecule has 7 heteroatoms. The molecule has 1 fully saturated rings. The molecule has 1 aliphatic heterocycles. The maximum Gasteiger partial charge on any atom is 0.343 e. The number of nitrogens with zero attached hydrogens (tertiary/aromatic N) is 1. The lowest BCUT2D eigenvalue weighted by atomic mass is 10.2. The standard InChI is InChI=1S/C20H21N3O4/c1-13(23-12-4-7-18(23)24)19(25)22-15-10-8-14(9-11-15)20(26)27-17-6-3-2-5-16(17)21/h2-3,5-6,8-11,13H,4,7,12,21H2,1H3,(H,22,25). The number of nitrogens with two attached hydrogens (primary N) is 1. The van der Waals surface area contributed by atoms with Gasteiger partial charge in [-0.3, -0.25) is 9.59 Å². The Labute approximate surface area is 157 Å². The quantitative estimate of drug-likeness (QED) is 0.480. The first kappa shape index (κ1) is 18.4. The van der Waals surface area contributed by atoms with E-state index in [1.807, 2.05) is 0 Å². The monoisotopic (exact) mass is 367 g/mol. The number of ether oxygens (including phenoxy) is 1. The van der Waals surface area contributed by atoms with Gasteiger partial charge >= 0.3 is 5.97 Å². The first-order valence-corrected chi connectivity index (χ1v) is 8.73. The summed E-state index contributed by atoms with van der Waals surface area (Å²) >= 11 is 0. The van der Waals surface area contributed by atoms with Crippen LogP contribution in [0.5, 0.6) is 5.75 Å². The van der Waals surface area contributed by atoms with Crippen LogP contribution in [-0.2, 0) is 9.59 Å². The Morgan fingerprint density at radius 1 is 1.15 bits per heavy atom. The molecule has 1 unspecified atom stereocenters. The molecule has 1 heterocycles. The number of nitrogens with one attached hydrogen (secondary N) is 1. The fourth-order valence-electron chi connectivity index (χ4n) is 2.89. The summed E-state index contributed by atoms with van der Waals surface area (Å²) in [6.07, 6.45) is 1.26. The summed E-state index contributed by atoms with van der Waals surface area (Å²) in [5, 5.41) is 2.76. The predicted octanol–water partition coefficient (Wildman–Crippen LogP) is 2.44. The van der Waals surface area contributed by atoms with E-state index in [-0.39, 0.29) is 11.8 Å². The normalized spacial score (nSPS) is 14.7. The Balaban J connectivity index is 1.61. The molecule has 1 saturated heterocycles. The third kappa shape index (κ3) is 4.25. The number of benzene rings is 2. The fourth-order valence-corrected chi connectivity index (χ4v) is 2.89. The van der Waals surface area contributed by atoms with Gasteiger partial charge in [0, 0.05) is 18.7 Å². The zero-order valence-corrected chi connectivity index (χ0v) is 15.0. The molecule has 0 bridgehead atoms. The van der Waals surface area contributed by atoms with Gasteiger partial charge < -0.3 is 20.7 Å². The molecule has 2 amide bonds. The molecule has 0 radical (unpaired) electrons. The van der Waals surface area contributed by atoms with Crippen molar-refractivity contribution in [3.8, 4) is 5.75 Å². The van der Waals surface area contributed by atoms with Crippen molar-refractivity contribution < 1.29 is 19.1 Å². The second-order valence-corrected chi connectivity index (χ2v) is 6.36. The number of amides is 2. The number of anilines is 2. The molecule has 7 nitrogen and oxygen atoms in total. The molecule has 140 valence electrons. The number of likely N-dealkylation sites (tertiary alicyclic amines) is 1. The number of para-hydroxylation sites is 2. The van der Waals surface area contributed by atoms with Crippen LogP contribution in [0.4, 0.5) is 11.4 Å². The van der Waals surface area contributed by atoms with Crippen LogP contribution in [0.2, 0.25) is 0 Å². The summed E-state index contributed by atoms with van der Waals surface area (Å²) in [7, 11) is 0. The predicted molar refractivity (Wildman–Crippen MR) is 101 cm³/mol. The van der Waals surface area contributed by atoms with Crippen molar-refractivity contribution in [2.45, 2.75) is 25.8 Å². The van der Waals surface area contributed by atoms with E-state index in [0.29, 0.717) is 35.7 Å². The number of esters is 1. The third-order valence-electron chi connectivity index (χ3n) is 4.47. The average Bonchev–Trinajstić information content (AvgIpc) is 3.09. The third-order valence-corrected chi connectivity index (χ3v) is 4.47. The van der Waals surface area contributed by atoms with Crippen molar-refractivity contribution in [3.05, 3.63) is 54.1 Å². The van der Waals surface area contributed by atoms with Crippen molar-refractivity contribution in [2.24, 2.45) is 0 Å². The van der Waals surface area contributed by atoms with E-state index in [9.17, 15) is 14.4 Å². The molecule has 0 aromatic heterocycles. The van der Waals surface area contributed by atoms with E-state index in [2.05, 4.69) is 5.32 Å². The van der Waals surface area contributed by atoms with Crippen LogP contribution in [0.3, 0.4) is 0 Å². The largest absolute Gasteiger partial charge is 0.421 e. The topological polar surface area (TPSA) is 102 Å². The molecule has 3 N–H and O–H groups in total. The Hall–Kier alpha value is -3.35. The van der Waals surface area contributed by atoms with Crippen molar-refractivity contribution in [3.63, 3.8) is 0 Å². The van der Waals surface area contributed by atoms with E-state index in [1.54, 1.807) is 60.4 Å². The second-order valence-electron chi connectivity index (χ2n) is 6.36. The van der Waals surface area contributed by atoms with E-state index in [4.69, 9.17) is 10.5 Å². The molecule has 27 heavy (non-hydrogen) atoms. The average molecular weight is 367 g/mol. The van der Waals surface area contributed by atoms with E-state index in [0.717, 1.165) is 6.42 Å². The molecule has 2 aromatic rings. The molecule has 0 saturated carbocycles. The van der Waals surface area contributed by atoms with E-state index >= 15 is 0 Å². The van der Waals surface area contributed by atoms with Gasteiger partial charge in [-0.2, -0.15) is 0 Å². The van der Waals surface area contributed by atoms with Gasteiger partial charge in [0.15, 0.2) is 5.75 Å². The van der Waals surface area contributed by atoms with Crippen LogP contribution in [0.15, 0.2) is 48.5 Å². The minimum atomic E-state index is -0.540. The Bertz CT molecular complexity index is 864. The van der Waals surface area contributed by atoms with Crippen molar-refractivity contribution in [1.82, 2.24) is 4.90 Å². The molecular formula is C20H21N3O4. The second kappa shape index (κ2) is 7.90. The van der Waals surface area contributed by atoms with Crippen LogP contribution in [0.25, 0.3) is 0 Å². The van der Waals surface area contributed by atoms with Gasteiger partial charge in [0.1, 0.15) is 6.04 Å². The highest BCUT2D eigenvalue weighted by molar-refractivity contribution is 5.98. The SMILES string of the molecule is CC(C(=O)Nc1ccc(C(=O)Oc2ccccc2N)cc1)N1CCCC1=O. The van der Waals surface area contributed by atoms with Gasteiger partial charge in [0.2, 0.25) is 11.8 Å². The Morgan fingerprint density at radius 3 is 2.48 bits per heavy atom. The van der Waals surface area contributed by atoms with E-state index in [1.165, 1.54) is 0 Å². The molecular weight excluding hydrogens is 346 g/mol. The maximum atomic E-state index is 12.3. The van der Waals surface area contributed by atoms with Gasteiger partial charge in [-0.25, -0.2) is 4.79 Å². The fraction of sp³-hybridized carbons (Fsp3) is 0.250. The number of hydrogen-bond acceptors (Lipinski definition) is 5. The summed E-state index contributed by atoms with van der Waals surface area (Å²) in [5.74, 6) is -0.514. The smallest absolute Gasteiger partial charge is 0.343 e. The van der Waals surface area contributed by atoms with Gasteiger partial charge in [-0.15, -0.1) is 0 Å². The summed E-state index contributed by atoms with van der Waals surface area (Å²) in [5.41, 5.74) is 7.01. The molecule has 2 aromatic carbocycles. The first-order chi connectivity index (χ1) is 13.0. The summed E-state index contributed by atoms with van der Waals surface area (Å²) in [6, 6.07) is 12.5. The van der Waals surface area contributed by atoms with Crippen LogP contribution < -0.4 is 15.8 Å². The summed E-state index contributed by atoms with van der Waals surface area (Å²) in [6.45, 7) is 2.30. The number of carbonyl (C=O) groups excluding carboxylic acids is 3. The van der Waals surface area contributed by atoms with Crippen LogP contribution >= 0.6 is 0 Å². The van der Waals surface area contributed by atoms with Crippen LogP contribution in [-0.4, -0.2) is 35.3 Å². The van der Waals surface area contributed by atoms with Gasteiger partial charge in [0.05, 0.1) is 11.3 Å². The van der Waals surface area contributed by atoms with Crippen LogP contribution in [0.1, 0.15) is 30.1 Å². The zero-order chi connectivity index (χ0) is 19.4. The molecule has 3 rings (SSSR count). The lowest BCUT2D eigenvalue weighted by molar-refractivity contribution is -0.134. The minimum absolute atomic E-state index is 0.00377. The maximum absolute atomic E-state index is 12.3. The number of nitrogen functional groups attached to an aromatic ring is 1. The highest BCUT2D eigenvalue weighted by Gasteiger charge is 2.29. The van der Waals surface area contributed by atoms with Gasteiger partial charge in [-0.05, 0) is 49.7 Å². The first-order valence-electron chi connectivity index (χ1n) is 8.73. The lowest BCUT2D eigenvalue weighted by Crippen LogP contribution is -2.42. The van der Waals surface area contributed by atoms with Crippen molar-refractivity contribution in [2.75, 3.05) is 17.6 Å². The van der Waals surface area contributed by atoms with Crippen molar-refractivity contribution in [1.29, 1.82) is 0 Å². The molecule has 1 aliphatic rings. The van der Waals surface area contributed by atoms with Crippen LogP contribution in [0, 0.1) is 0 Å². The zero-order valence-electron chi connectivity index (χ0n) is 15.0. The Kier molecular flexibility index (Phi) is 5.40. The van der Waals surface area contributed by atoms with E-state index < -0.39 is 12.0 Å².